The monoisotopic (exact) mass is 346 g/mol. The van der Waals surface area contributed by atoms with Crippen molar-refractivity contribution in [2.45, 2.75) is 19.8 Å². The molecule has 0 N–H and O–H groups in total. The average Bonchev–Trinajstić information content (AvgIpc) is 3.29. The van der Waals surface area contributed by atoms with Gasteiger partial charge in [-0.05, 0) is 25.0 Å². The molecule has 0 aromatic carbocycles. The van der Waals surface area contributed by atoms with E-state index in [0.717, 1.165) is 23.4 Å². The third-order valence-electron chi connectivity index (χ3n) is 3.54. The Hall–Kier alpha value is -2.48. The minimum Gasteiger partial charge on any atom is -0.448 e. The van der Waals surface area contributed by atoms with Gasteiger partial charge < -0.3 is 4.74 Å². The maximum atomic E-state index is 12.7. The highest BCUT2D eigenvalue weighted by molar-refractivity contribution is 7.13. The standard InChI is InChI=1S/C16H18N4O3S/c1-2-9-23-16(22)20-8-4-7-19(20)15(21)13-11-24-14(18-13)12-5-3-6-17-10-12/h3,5-6,10-11H,2,4,7-9H2,1H3. The number of thiazole rings is 1. The fourth-order valence-electron chi connectivity index (χ4n) is 2.40. The van der Waals surface area contributed by atoms with Crippen LogP contribution in [0.3, 0.4) is 0 Å². The minimum atomic E-state index is -0.481. The maximum absolute atomic E-state index is 12.7. The summed E-state index contributed by atoms with van der Waals surface area (Å²) in [6.45, 7) is 3.24. The molecular formula is C16H18N4O3S. The van der Waals surface area contributed by atoms with Gasteiger partial charge in [-0.3, -0.25) is 9.78 Å². The van der Waals surface area contributed by atoms with Crippen LogP contribution in [0, 0.1) is 0 Å². The van der Waals surface area contributed by atoms with Crippen LogP contribution in [-0.2, 0) is 4.74 Å². The van der Waals surface area contributed by atoms with Gasteiger partial charge in [0, 0.05) is 36.4 Å². The van der Waals surface area contributed by atoms with Crippen molar-refractivity contribution in [3.8, 4) is 10.6 Å². The Labute approximate surface area is 143 Å². The lowest BCUT2D eigenvalue weighted by atomic mass is 10.3. The molecule has 0 unspecified atom stereocenters. The van der Waals surface area contributed by atoms with Crippen LogP contribution in [0.4, 0.5) is 4.79 Å². The number of carbonyl (C=O) groups excluding carboxylic acids is 2. The SMILES string of the molecule is CCCOC(=O)N1CCCN1C(=O)c1csc(-c2cccnc2)n1. The van der Waals surface area contributed by atoms with Gasteiger partial charge in [0.25, 0.3) is 5.91 Å². The Morgan fingerprint density at radius 3 is 2.92 bits per heavy atom. The first kappa shape index (κ1) is 16.4. The van der Waals surface area contributed by atoms with Crippen molar-refractivity contribution in [3.63, 3.8) is 0 Å². The third-order valence-corrected chi connectivity index (χ3v) is 4.43. The smallest absolute Gasteiger partial charge is 0.428 e. The van der Waals surface area contributed by atoms with E-state index in [-0.39, 0.29) is 5.91 Å². The molecule has 24 heavy (non-hydrogen) atoms. The van der Waals surface area contributed by atoms with Crippen LogP contribution < -0.4 is 0 Å². The summed E-state index contributed by atoms with van der Waals surface area (Å²) in [6.07, 6.45) is 4.39. The second-order valence-corrected chi connectivity index (χ2v) is 6.16. The summed E-state index contributed by atoms with van der Waals surface area (Å²) >= 11 is 1.38. The van der Waals surface area contributed by atoms with Gasteiger partial charge in [0.05, 0.1) is 6.61 Å². The fraction of sp³-hybridized carbons (Fsp3) is 0.375. The molecule has 2 aromatic heterocycles. The van der Waals surface area contributed by atoms with Crippen molar-refractivity contribution in [2.75, 3.05) is 19.7 Å². The van der Waals surface area contributed by atoms with Crippen molar-refractivity contribution in [1.82, 2.24) is 20.0 Å². The van der Waals surface area contributed by atoms with Crippen molar-refractivity contribution >= 4 is 23.3 Å². The molecule has 1 fully saturated rings. The average molecular weight is 346 g/mol. The van der Waals surface area contributed by atoms with Crippen molar-refractivity contribution in [3.05, 3.63) is 35.6 Å². The van der Waals surface area contributed by atoms with E-state index in [1.165, 1.54) is 21.4 Å². The van der Waals surface area contributed by atoms with E-state index < -0.39 is 6.09 Å². The topological polar surface area (TPSA) is 75.6 Å². The Morgan fingerprint density at radius 1 is 1.33 bits per heavy atom. The zero-order valence-electron chi connectivity index (χ0n) is 13.3. The number of ether oxygens (including phenoxy) is 1. The summed E-state index contributed by atoms with van der Waals surface area (Å²) in [5.74, 6) is -0.285. The lowest BCUT2D eigenvalue weighted by molar-refractivity contribution is 0.0130. The first-order valence-electron chi connectivity index (χ1n) is 7.82. The highest BCUT2D eigenvalue weighted by Gasteiger charge is 2.33. The van der Waals surface area contributed by atoms with E-state index in [9.17, 15) is 9.59 Å². The van der Waals surface area contributed by atoms with Gasteiger partial charge in [0.2, 0.25) is 0 Å². The van der Waals surface area contributed by atoms with Crippen LogP contribution in [0.15, 0.2) is 29.9 Å². The minimum absolute atomic E-state index is 0.285. The Morgan fingerprint density at radius 2 is 2.17 bits per heavy atom. The van der Waals surface area contributed by atoms with Crippen molar-refractivity contribution < 1.29 is 14.3 Å². The molecule has 3 heterocycles. The fourth-order valence-corrected chi connectivity index (χ4v) is 3.19. The maximum Gasteiger partial charge on any atom is 0.428 e. The lowest BCUT2D eigenvalue weighted by Crippen LogP contribution is -2.45. The number of aromatic nitrogens is 2. The van der Waals surface area contributed by atoms with Gasteiger partial charge in [-0.1, -0.05) is 6.92 Å². The van der Waals surface area contributed by atoms with Crippen LogP contribution in [0.1, 0.15) is 30.3 Å². The normalized spacial score (nSPS) is 14.0. The van der Waals surface area contributed by atoms with Gasteiger partial charge in [0.15, 0.2) is 0 Å². The number of pyridine rings is 1. The Balaban J connectivity index is 1.74. The third kappa shape index (κ3) is 3.38. The van der Waals surface area contributed by atoms with Crippen LogP contribution >= 0.6 is 11.3 Å². The van der Waals surface area contributed by atoms with Crippen LogP contribution in [-0.4, -0.2) is 51.7 Å². The molecule has 2 amide bonds. The van der Waals surface area contributed by atoms with E-state index >= 15 is 0 Å². The molecule has 7 nitrogen and oxygen atoms in total. The predicted molar refractivity (Wildman–Crippen MR) is 89.3 cm³/mol. The molecule has 0 bridgehead atoms. The molecule has 1 aliphatic heterocycles. The molecule has 2 aromatic rings. The van der Waals surface area contributed by atoms with Gasteiger partial charge in [-0.15, -0.1) is 11.3 Å². The van der Waals surface area contributed by atoms with E-state index in [2.05, 4.69) is 9.97 Å². The van der Waals surface area contributed by atoms with Crippen LogP contribution in [0.5, 0.6) is 0 Å². The zero-order chi connectivity index (χ0) is 16.9. The first-order valence-corrected chi connectivity index (χ1v) is 8.70. The number of hydrogen-bond acceptors (Lipinski definition) is 6. The number of amides is 2. The molecule has 0 atom stereocenters. The quantitative estimate of drug-likeness (QED) is 0.851. The van der Waals surface area contributed by atoms with E-state index in [1.54, 1.807) is 17.8 Å². The van der Waals surface area contributed by atoms with Crippen molar-refractivity contribution in [2.24, 2.45) is 0 Å². The molecule has 1 aliphatic rings. The summed E-state index contributed by atoms with van der Waals surface area (Å²) in [4.78, 5) is 33.2. The Bertz CT molecular complexity index is 719. The molecular weight excluding hydrogens is 328 g/mol. The highest BCUT2D eigenvalue weighted by atomic mass is 32.1. The number of hydrazine groups is 1. The number of hydrogen-bond donors (Lipinski definition) is 0. The van der Waals surface area contributed by atoms with Crippen molar-refractivity contribution in [1.29, 1.82) is 0 Å². The van der Waals surface area contributed by atoms with Crippen LogP contribution in [0.2, 0.25) is 0 Å². The molecule has 3 rings (SSSR count). The molecule has 0 spiro atoms. The number of rotatable bonds is 4. The van der Waals surface area contributed by atoms with E-state index in [4.69, 9.17) is 4.74 Å². The molecule has 0 radical (unpaired) electrons. The second-order valence-electron chi connectivity index (χ2n) is 5.30. The summed E-state index contributed by atoms with van der Waals surface area (Å²) < 4.78 is 5.13. The molecule has 0 aliphatic carbocycles. The van der Waals surface area contributed by atoms with Gasteiger partial charge in [-0.25, -0.2) is 19.8 Å². The highest BCUT2D eigenvalue weighted by Crippen LogP contribution is 2.24. The molecule has 126 valence electrons. The first-order chi connectivity index (χ1) is 11.7. The largest absolute Gasteiger partial charge is 0.448 e. The molecule has 0 saturated carbocycles. The van der Waals surface area contributed by atoms with Gasteiger partial charge in [-0.2, -0.15) is 0 Å². The van der Waals surface area contributed by atoms with Crippen LogP contribution in [0.25, 0.3) is 10.6 Å². The van der Waals surface area contributed by atoms with E-state index in [1.807, 2.05) is 19.1 Å². The number of nitrogens with zero attached hydrogens (tertiary/aromatic N) is 4. The molecule has 1 saturated heterocycles. The summed E-state index contributed by atoms with van der Waals surface area (Å²) in [5, 5.41) is 5.21. The summed E-state index contributed by atoms with van der Waals surface area (Å²) in [5.41, 5.74) is 1.19. The summed E-state index contributed by atoms with van der Waals surface area (Å²) in [7, 11) is 0. The summed E-state index contributed by atoms with van der Waals surface area (Å²) in [6, 6.07) is 3.72. The van der Waals surface area contributed by atoms with Gasteiger partial charge >= 0.3 is 6.09 Å². The predicted octanol–water partition coefficient (Wildman–Crippen LogP) is 2.81. The number of carbonyl (C=O) groups is 2. The van der Waals surface area contributed by atoms with E-state index in [0.29, 0.717) is 25.4 Å². The lowest BCUT2D eigenvalue weighted by Gasteiger charge is -2.26. The zero-order valence-corrected chi connectivity index (χ0v) is 14.2. The van der Waals surface area contributed by atoms with Gasteiger partial charge in [0.1, 0.15) is 10.7 Å². The second kappa shape index (κ2) is 7.39. The molecule has 8 heteroatoms. The Kier molecular flexibility index (Phi) is 5.05.